The summed E-state index contributed by atoms with van der Waals surface area (Å²) in [4.78, 5) is 13.7. The fraction of sp³-hybridized carbons (Fsp3) is 0.188. The molecule has 98 valence electrons. The van der Waals surface area contributed by atoms with E-state index in [0.717, 1.165) is 17.9 Å². The zero-order valence-electron chi connectivity index (χ0n) is 11.2. The highest BCUT2D eigenvalue weighted by Crippen LogP contribution is 2.25. The van der Waals surface area contributed by atoms with Crippen molar-refractivity contribution in [3.05, 3.63) is 60.2 Å². The van der Waals surface area contributed by atoms with E-state index in [9.17, 15) is 4.79 Å². The molecule has 19 heavy (non-hydrogen) atoms. The molecule has 0 aliphatic heterocycles. The molecule has 0 aromatic heterocycles. The second-order valence-electron chi connectivity index (χ2n) is 4.12. The minimum atomic E-state index is -0.314. The number of nitrogens with zero attached hydrogens (tertiary/aromatic N) is 1. The van der Waals surface area contributed by atoms with Crippen LogP contribution in [0.3, 0.4) is 0 Å². The third-order valence-electron chi connectivity index (χ3n) is 2.96. The summed E-state index contributed by atoms with van der Waals surface area (Å²) >= 11 is 0. The van der Waals surface area contributed by atoms with E-state index in [1.807, 2.05) is 48.5 Å². The Morgan fingerprint density at radius 3 is 2.37 bits per heavy atom. The number of esters is 1. The fourth-order valence-electron chi connectivity index (χ4n) is 2.04. The van der Waals surface area contributed by atoms with Crippen LogP contribution in [0.1, 0.15) is 17.3 Å². The molecule has 2 rings (SSSR count). The Morgan fingerprint density at radius 2 is 1.74 bits per heavy atom. The second kappa shape index (κ2) is 6.05. The fourth-order valence-corrected chi connectivity index (χ4v) is 2.04. The zero-order valence-corrected chi connectivity index (χ0v) is 11.2. The van der Waals surface area contributed by atoms with Crippen LogP contribution < -0.4 is 4.90 Å². The number of ether oxygens (including phenoxy) is 1. The van der Waals surface area contributed by atoms with Crippen LogP contribution in [-0.2, 0) is 4.74 Å². The Balaban J connectivity index is 2.36. The quantitative estimate of drug-likeness (QED) is 0.781. The maximum absolute atomic E-state index is 11.6. The van der Waals surface area contributed by atoms with Gasteiger partial charge in [0.2, 0.25) is 0 Å². The normalized spacial score (nSPS) is 10.0. The van der Waals surface area contributed by atoms with Crippen molar-refractivity contribution in [1.29, 1.82) is 0 Å². The van der Waals surface area contributed by atoms with Gasteiger partial charge in [-0.1, -0.05) is 24.3 Å². The molecule has 0 aliphatic rings. The van der Waals surface area contributed by atoms with E-state index in [1.165, 1.54) is 7.11 Å². The van der Waals surface area contributed by atoms with Crippen molar-refractivity contribution in [3.63, 3.8) is 0 Å². The second-order valence-corrected chi connectivity index (χ2v) is 4.12. The van der Waals surface area contributed by atoms with Crippen molar-refractivity contribution < 1.29 is 9.53 Å². The van der Waals surface area contributed by atoms with Crippen molar-refractivity contribution in [2.75, 3.05) is 18.6 Å². The molecule has 0 bridgehead atoms. The van der Waals surface area contributed by atoms with Gasteiger partial charge in [0.1, 0.15) is 0 Å². The SMILES string of the molecule is CCN(c1ccccc1)c1cccc(C(=O)OC)c1. The molecule has 0 unspecified atom stereocenters. The minimum Gasteiger partial charge on any atom is -0.465 e. The topological polar surface area (TPSA) is 29.5 Å². The largest absolute Gasteiger partial charge is 0.465 e. The smallest absolute Gasteiger partial charge is 0.337 e. The van der Waals surface area contributed by atoms with Gasteiger partial charge in [-0.3, -0.25) is 0 Å². The van der Waals surface area contributed by atoms with Crippen LogP contribution in [0.2, 0.25) is 0 Å². The molecule has 0 saturated carbocycles. The van der Waals surface area contributed by atoms with Gasteiger partial charge in [-0.25, -0.2) is 4.79 Å². The Morgan fingerprint density at radius 1 is 1.05 bits per heavy atom. The molecule has 0 amide bonds. The maximum atomic E-state index is 11.6. The molecular weight excluding hydrogens is 238 g/mol. The summed E-state index contributed by atoms with van der Waals surface area (Å²) in [5, 5.41) is 0. The van der Waals surface area contributed by atoms with E-state index in [-0.39, 0.29) is 5.97 Å². The number of benzene rings is 2. The number of carbonyl (C=O) groups excluding carboxylic acids is 1. The Kier molecular flexibility index (Phi) is 4.18. The predicted octanol–water partition coefficient (Wildman–Crippen LogP) is 3.63. The lowest BCUT2D eigenvalue weighted by molar-refractivity contribution is 0.0601. The van der Waals surface area contributed by atoms with Crippen LogP contribution in [0.4, 0.5) is 11.4 Å². The molecule has 2 aromatic carbocycles. The van der Waals surface area contributed by atoms with E-state index < -0.39 is 0 Å². The summed E-state index contributed by atoms with van der Waals surface area (Å²) in [6, 6.07) is 17.6. The lowest BCUT2D eigenvalue weighted by atomic mass is 10.1. The summed E-state index contributed by atoms with van der Waals surface area (Å²) in [7, 11) is 1.39. The first-order valence-electron chi connectivity index (χ1n) is 6.27. The van der Waals surface area contributed by atoms with Gasteiger partial charge in [0.25, 0.3) is 0 Å². The van der Waals surface area contributed by atoms with Gasteiger partial charge in [0.15, 0.2) is 0 Å². The average Bonchev–Trinajstić information content (AvgIpc) is 2.48. The van der Waals surface area contributed by atoms with E-state index in [1.54, 1.807) is 6.07 Å². The molecule has 0 aliphatic carbocycles. The molecule has 0 spiro atoms. The number of hydrogen-bond acceptors (Lipinski definition) is 3. The van der Waals surface area contributed by atoms with E-state index in [2.05, 4.69) is 11.8 Å². The number of carbonyl (C=O) groups is 1. The first-order valence-corrected chi connectivity index (χ1v) is 6.27. The van der Waals surface area contributed by atoms with E-state index >= 15 is 0 Å². The molecule has 0 N–H and O–H groups in total. The molecule has 0 heterocycles. The third kappa shape index (κ3) is 2.94. The molecular formula is C16H17NO2. The van der Waals surface area contributed by atoms with Gasteiger partial charge in [0.05, 0.1) is 12.7 Å². The molecule has 0 saturated heterocycles. The van der Waals surface area contributed by atoms with Crippen LogP contribution in [0.25, 0.3) is 0 Å². The van der Waals surface area contributed by atoms with Crippen LogP contribution in [0, 0.1) is 0 Å². The van der Waals surface area contributed by atoms with Gasteiger partial charge in [-0.05, 0) is 37.3 Å². The van der Waals surface area contributed by atoms with E-state index in [0.29, 0.717) is 5.56 Å². The molecule has 3 heteroatoms. The Labute approximate surface area is 113 Å². The van der Waals surface area contributed by atoms with Crippen molar-refractivity contribution in [2.24, 2.45) is 0 Å². The molecule has 2 aromatic rings. The van der Waals surface area contributed by atoms with Crippen LogP contribution in [0.15, 0.2) is 54.6 Å². The maximum Gasteiger partial charge on any atom is 0.337 e. The summed E-state index contributed by atoms with van der Waals surface area (Å²) < 4.78 is 4.75. The van der Waals surface area contributed by atoms with Crippen molar-refractivity contribution >= 4 is 17.3 Å². The third-order valence-corrected chi connectivity index (χ3v) is 2.96. The van der Waals surface area contributed by atoms with Gasteiger partial charge in [0, 0.05) is 17.9 Å². The van der Waals surface area contributed by atoms with Crippen LogP contribution in [-0.4, -0.2) is 19.6 Å². The number of hydrogen-bond donors (Lipinski definition) is 0. The van der Waals surface area contributed by atoms with Gasteiger partial charge >= 0.3 is 5.97 Å². The van der Waals surface area contributed by atoms with Gasteiger partial charge in [-0.15, -0.1) is 0 Å². The Hall–Kier alpha value is -2.29. The van der Waals surface area contributed by atoms with Crippen LogP contribution >= 0.6 is 0 Å². The number of methoxy groups -OCH3 is 1. The monoisotopic (exact) mass is 255 g/mol. The minimum absolute atomic E-state index is 0.314. The standard InChI is InChI=1S/C16H17NO2/c1-3-17(14-9-5-4-6-10-14)15-11-7-8-13(12-15)16(18)19-2/h4-12H,3H2,1-2H3. The van der Waals surface area contributed by atoms with Gasteiger partial charge in [-0.2, -0.15) is 0 Å². The van der Waals surface area contributed by atoms with Crippen molar-refractivity contribution in [2.45, 2.75) is 6.92 Å². The first-order chi connectivity index (χ1) is 9.26. The molecule has 0 atom stereocenters. The highest BCUT2D eigenvalue weighted by molar-refractivity contribution is 5.90. The Bertz CT molecular complexity index is 552. The summed E-state index contributed by atoms with van der Waals surface area (Å²) in [6.45, 7) is 2.91. The highest BCUT2D eigenvalue weighted by Gasteiger charge is 2.10. The number of anilines is 2. The molecule has 0 radical (unpaired) electrons. The highest BCUT2D eigenvalue weighted by atomic mass is 16.5. The summed E-state index contributed by atoms with van der Waals surface area (Å²) in [5.74, 6) is -0.314. The van der Waals surface area contributed by atoms with Crippen molar-refractivity contribution in [3.8, 4) is 0 Å². The number of rotatable bonds is 4. The summed E-state index contributed by atoms with van der Waals surface area (Å²) in [6.07, 6.45) is 0. The number of para-hydroxylation sites is 1. The average molecular weight is 255 g/mol. The first kappa shape index (κ1) is 13.1. The summed E-state index contributed by atoms with van der Waals surface area (Å²) in [5.41, 5.74) is 2.65. The van der Waals surface area contributed by atoms with E-state index in [4.69, 9.17) is 4.74 Å². The van der Waals surface area contributed by atoms with Crippen LogP contribution in [0.5, 0.6) is 0 Å². The molecule has 0 fully saturated rings. The molecule has 3 nitrogen and oxygen atoms in total. The lowest BCUT2D eigenvalue weighted by Gasteiger charge is -2.23. The van der Waals surface area contributed by atoms with Gasteiger partial charge < -0.3 is 9.64 Å². The lowest BCUT2D eigenvalue weighted by Crippen LogP contribution is -2.16. The zero-order chi connectivity index (χ0) is 13.7. The predicted molar refractivity (Wildman–Crippen MR) is 76.9 cm³/mol. The van der Waals surface area contributed by atoms with Crippen molar-refractivity contribution in [1.82, 2.24) is 0 Å².